The van der Waals surface area contributed by atoms with Gasteiger partial charge in [0.25, 0.3) is 5.56 Å². The highest BCUT2D eigenvalue weighted by molar-refractivity contribution is 7.99. The summed E-state index contributed by atoms with van der Waals surface area (Å²) in [4.78, 5) is 36.0. The molecule has 0 fully saturated rings. The molecule has 4 rings (SSSR count). The zero-order valence-corrected chi connectivity index (χ0v) is 20.2. The van der Waals surface area contributed by atoms with E-state index in [1.807, 2.05) is 51.1 Å². The summed E-state index contributed by atoms with van der Waals surface area (Å²) >= 11 is 2.67. The molecular weight excluding hydrogens is 440 g/mol. The Labute approximate surface area is 195 Å². The van der Waals surface area contributed by atoms with Crippen molar-refractivity contribution in [2.45, 2.75) is 50.9 Å². The van der Waals surface area contributed by atoms with E-state index >= 15 is 0 Å². The molecule has 0 aliphatic carbocycles. The van der Waals surface area contributed by atoms with E-state index in [4.69, 9.17) is 4.98 Å². The van der Waals surface area contributed by atoms with Crippen LogP contribution in [0.5, 0.6) is 0 Å². The highest BCUT2D eigenvalue weighted by atomic mass is 32.2. The summed E-state index contributed by atoms with van der Waals surface area (Å²) in [5, 5.41) is 4.39. The number of thioether (sulfide) groups is 1. The fourth-order valence-corrected chi connectivity index (χ4v) is 5.39. The molecule has 32 heavy (non-hydrogen) atoms. The van der Waals surface area contributed by atoms with Crippen LogP contribution in [-0.2, 0) is 11.3 Å². The van der Waals surface area contributed by atoms with Crippen LogP contribution in [0.1, 0.15) is 39.2 Å². The highest BCUT2D eigenvalue weighted by Crippen LogP contribution is 2.31. The third kappa shape index (κ3) is 4.86. The number of benzene rings is 1. The van der Waals surface area contributed by atoms with Gasteiger partial charge >= 0.3 is 0 Å². The number of hydrogen-bond donors (Lipinski definition) is 1. The number of rotatable bonds is 6. The number of amides is 1. The van der Waals surface area contributed by atoms with E-state index in [1.165, 1.54) is 23.1 Å². The van der Waals surface area contributed by atoms with Crippen molar-refractivity contribution >= 4 is 49.4 Å². The number of thiophene rings is 1. The van der Waals surface area contributed by atoms with E-state index in [0.29, 0.717) is 21.9 Å². The van der Waals surface area contributed by atoms with Crippen LogP contribution in [0.25, 0.3) is 20.4 Å². The largest absolute Gasteiger partial charge is 0.351 e. The SMILES string of the molecule is C[C@@H](Cn1c(SCC(=O)NC(C)(C)C)nc2c(sc3ncccc32)c1=O)c1ccccc1. The summed E-state index contributed by atoms with van der Waals surface area (Å²) < 4.78 is 2.31. The summed E-state index contributed by atoms with van der Waals surface area (Å²) in [6.07, 6.45) is 1.72. The first-order valence-corrected chi connectivity index (χ1v) is 12.3. The Morgan fingerprint density at radius 3 is 2.66 bits per heavy atom. The second kappa shape index (κ2) is 9.03. The first-order valence-electron chi connectivity index (χ1n) is 10.5. The minimum atomic E-state index is -0.314. The van der Waals surface area contributed by atoms with Crippen LogP contribution < -0.4 is 10.9 Å². The van der Waals surface area contributed by atoms with Gasteiger partial charge in [0.2, 0.25) is 5.91 Å². The topological polar surface area (TPSA) is 76.9 Å². The van der Waals surface area contributed by atoms with E-state index in [9.17, 15) is 9.59 Å². The molecule has 0 aliphatic rings. The molecular formula is C24H26N4O2S2. The van der Waals surface area contributed by atoms with Gasteiger partial charge in [-0.2, -0.15) is 0 Å². The number of carbonyl (C=O) groups is 1. The maximum absolute atomic E-state index is 13.6. The minimum absolute atomic E-state index is 0.0838. The van der Waals surface area contributed by atoms with E-state index in [2.05, 4.69) is 29.4 Å². The number of nitrogens with zero attached hydrogens (tertiary/aromatic N) is 3. The molecule has 0 unspecified atom stereocenters. The zero-order valence-electron chi connectivity index (χ0n) is 18.6. The molecule has 4 aromatic rings. The van der Waals surface area contributed by atoms with Gasteiger partial charge in [-0.05, 0) is 44.4 Å². The molecule has 0 bridgehead atoms. The molecule has 0 radical (unpaired) electrons. The summed E-state index contributed by atoms with van der Waals surface area (Å²) in [5.41, 5.74) is 1.41. The highest BCUT2D eigenvalue weighted by Gasteiger charge is 2.20. The van der Waals surface area contributed by atoms with Gasteiger partial charge in [0, 0.05) is 23.7 Å². The smallest absolute Gasteiger partial charge is 0.272 e. The van der Waals surface area contributed by atoms with Gasteiger partial charge in [-0.1, -0.05) is 49.0 Å². The van der Waals surface area contributed by atoms with Gasteiger partial charge < -0.3 is 5.32 Å². The molecule has 1 aromatic carbocycles. The number of nitrogens with one attached hydrogen (secondary N) is 1. The third-order valence-electron chi connectivity index (χ3n) is 4.99. The van der Waals surface area contributed by atoms with E-state index < -0.39 is 0 Å². The maximum Gasteiger partial charge on any atom is 0.272 e. The van der Waals surface area contributed by atoms with E-state index in [-0.39, 0.29) is 28.7 Å². The first-order chi connectivity index (χ1) is 15.2. The van der Waals surface area contributed by atoms with Crippen molar-refractivity contribution in [2.24, 2.45) is 0 Å². The number of hydrogen-bond acceptors (Lipinski definition) is 6. The van der Waals surface area contributed by atoms with Crippen LogP contribution in [-0.4, -0.2) is 31.7 Å². The van der Waals surface area contributed by atoms with Crippen LogP contribution >= 0.6 is 23.1 Å². The lowest BCUT2D eigenvalue weighted by Gasteiger charge is -2.21. The average Bonchev–Trinajstić information content (AvgIpc) is 3.13. The lowest BCUT2D eigenvalue weighted by atomic mass is 10.0. The molecule has 0 spiro atoms. The average molecular weight is 467 g/mol. The molecule has 1 N–H and O–H groups in total. The first kappa shape index (κ1) is 22.5. The molecule has 0 saturated carbocycles. The molecule has 8 heteroatoms. The van der Waals surface area contributed by atoms with Crippen LogP contribution in [0.4, 0.5) is 0 Å². The summed E-state index contributed by atoms with van der Waals surface area (Å²) in [6, 6.07) is 13.9. The standard InChI is InChI=1S/C24H26N4O2S2/c1-15(16-9-6-5-7-10-16)13-28-22(30)20-19(17-11-8-12-25-21(17)32-20)26-23(28)31-14-18(29)27-24(2,3)4/h5-12,15H,13-14H2,1-4H3,(H,27,29)/t15-/m0/s1. The Balaban J connectivity index is 1.75. The van der Waals surface area contributed by atoms with Crippen molar-refractivity contribution in [3.05, 3.63) is 64.6 Å². The zero-order chi connectivity index (χ0) is 22.9. The van der Waals surface area contributed by atoms with Crippen molar-refractivity contribution in [3.8, 4) is 0 Å². The predicted molar refractivity (Wildman–Crippen MR) is 133 cm³/mol. The van der Waals surface area contributed by atoms with E-state index in [1.54, 1.807) is 10.8 Å². The fraction of sp³-hybridized carbons (Fsp3) is 0.333. The van der Waals surface area contributed by atoms with Crippen molar-refractivity contribution < 1.29 is 4.79 Å². The van der Waals surface area contributed by atoms with Gasteiger partial charge in [0.15, 0.2) is 5.16 Å². The molecule has 3 aromatic heterocycles. The van der Waals surface area contributed by atoms with Gasteiger partial charge in [-0.3, -0.25) is 14.2 Å². The number of fused-ring (bicyclic) bond motifs is 3. The Bertz CT molecular complexity index is 1320. The van der Waals surface area contributed by atoms with Gasteiger partial charge in [0.1, 0.15) is 9.53 Å². The third-order valence-corrected chi connectivity index (χ3v) is 7.06. The Morgan fingerprint density at radius 1 is 1.19 bits per heavy atom. The lowest BCUT2D eigenvalue weighted by Crippen LogP contribution is -2.41. The molecule has 1 atom stereocenters. The number of carbonyl (C=O) groups excluding carboxylic acids is 1. The quantitative estimate of drug-likeness (QED) is 0.326. The maximum atomic E-state index is 13.6. The van der Waals surface area contributed by atoms with Gasteiger partial charge in [-0.15, -0.1) is 11.3 Å². The van der Waals surface area contributed by atoms with Gasteiger partial charge in [-0.25, -0.2) is 9.97 Å². The monoisotopic (exact) mass is 466 g/mol. The summed E-state index contributed by atoms with van der Waals surface area (Å²) in [7, 11) is 0. The summed E-state index contributed by atoms with van der Waals surface area (Å²) in [5.74, 6) is 0.217. The Hall–Kier alpha value is -2.71. The Kier molecular flexibility index (Phi) is 6.35. The number of pyridine rings is 1. The molecule has 3 heterocycles. The second-order valence-corrected chi connectivity index (χ2v) is 10.8. The van der Waals surface area contributed by atoms with Crippen LogP contribution in [0.3, 0.4) is 0 Å². The number of aromatic nitrogens is 3. The normalized spacial score (nSPS) is 12.9. The predicted octanol–water partition coefficient (Wildman–Crippen LogP) is 4.82. The van der Waals surface area contributed by atoms with Crippen molar-refractivity contribution in [2.75, 3.05) is 5.75 Å². The van der Waals surface area contributed by atoms with Crippen LogP contribution in [0, 0.1) is 0 Å². The van der Waals surface area contributed by atoms with Crippen molar-refractivity contribution in [1.29, 1.82) is 0 Å². The van der Waals surface area contributed by atoms with E-state index in [0.717, 1.165) is 15.8 Å². The van der Waals surface area contributed by atoms with Crippen molar-refractivity contribution in [1.82, 2.24) is 19.9 Å². The van der Waals surface area contributed by atoms with Crippen LogP contribution in [0.2, 0.25) is 0 Å². The second-order valence-electron chi connectivity index (χ2n) is 8.84. The molecule has 6 nitrogen and oxygen atoms in total. The fourth-order valence-electron chi connectivity index (χ4n) is 3.56. The summed E-state index contributed by atoms with van der Waals surface area (Å²) in [6.45, 7) is 8.42. The lowest BCUT2D eigenvalue weighted by molar-refractivity contribution is -0.119. The van der Waals surface area contributed by atoms with Gasteiger partial charge in [0.05, 0.1) is 11.3 Å². The van der Waals surface area contributed by atoms with Crippen molar-refractivity contribution in [3.63, 3.8) is 0 Å². The molecule has 0 saturated heterocycles. The molecule has 0 aliphatic heterocycles. The van der Waals surface area contributed by atoms with Crippen LogP contribution in [0.15, 0.2) is 58.6 Å². The molecule has 166 valence electrons. The molecule has 1 amide bonds. The minimum Gasteiger partial charge on any atom is -0.351 e. The Morgan fingerprint density at radius 2 is 1.94 bits per heavy atom.